The lowest BCUT2D eigenvalue weighted by Gasteiger charge is -2.27. The molecule has 1 amide bonds. The zero-order valence-electron chi connectivity index (χ0n) is 14.5. The molecule has 3 rings (SSSR count). The van der Waals surface area contributed by atoms with E-state index in [1.807, 2.05) is 18.2 Å². The van der Waals surface area contributed by atoms with Crippen LogP contribution in [0.15, 0.2) is 59.5 Å². The number of sulfonamides is 1. The highest BCUT2D eigenvalue weighted by atomic mass is 32.2. The van der Waals surface area contributed by atoms with Crippen molar-refractivity contribution in [1.29, 1.82) is 0 Å². The van der Waals surface area contributed by atoms with Crippen LogP contribution >= 0.6 is 0 Å². The van der Waals surface area contributed by atoms with Crippen LogP contribution in [0.25, 0.3) is 0 Å². The van der Waals surface area contributed by atoms with E-state index in [9.17, 15) is 18.0 Å². The molecule has 26 heavy (non-hydrogen) atoms. The van der Waals surface area contributed by atoms with Crippen LogP contribution < -0.4 is 0 Å². The maximum Gasteiger partial charge on any atom is 0.330 e. The number of ether oxygens (including phenoxy) is 1. The fourth-order valence-electron chi connectivity index (χ4n) is 2.93. The van der Waals surface area contributed by atoms with Gasteiger partial charge in [-0.15, -0.1) is 0 Å². The van der Waals surface area contributed by atoms with Gasteiger partial charge in [-0.2, -0.15) is 0 Å². The Morgan fingerprint density at radius 1 is 1.04 bits per heavy atom. The van der Waals surface area contributed by atoms with Crippen molar-refractivity contribution >= 4 is 21.9 Å². The molecule has 0 spiro atoms. The van der Waals surface area contributed by atoms with Gasteiger partial charge in [-0.1, -0.05) is 56.3 Å². The van der Waals surface area contributed by atoms with E-state index in [2.05, 4.69) is 0 Å². The monoisotopic (exact) mass is 373 g/mol. The van der Waals surface area contributed by atoms with Gasteiger partial charge in [0.05, 0.1) is 5.56 Å². The number of rotatable bonds is 5. The molecule has 7 heteroatoms. The molecule has 1 atom stereocenters. The number of hydrogen-bond donors (Lipinski definition) is 0. The Labute approximate surface area is 152 Å². The number of carbonyl (C=O) groups is 2. The molecular weight excluding hydrogens is 354 g/mol. The van der Waals surface area contributed by atoms with Gasteiger partial charge >= 0.3 is 5.97 Å². The van der Waals surface area contributed by atoms with E-state index in [1.54, 1.807) is 38.1 Å². The van der Waals surface area contributed by atoms with E-state index in [4.69, 9.17) is 4.74 Å². The summed E-state index contributed by atoms with van der Waals surface area (Å²) in [4.78, 5) is 25.2. The molecule has 1 aliphatic rings. The van der Waals surface area contributed by atoms with Gasteiger partial charge in [0.15, 0.2) is 0 Å². The molecule has 0 fully saturated rings. The van der Waals surface area contributed by atoms with Gasteiger partial charge in [0, 0.05) is 0 Å². The Morgan fingerprint density at radius 3 is 2.27 bits per heavy atom. The van der Waals surface area contributed by atoms with Crippen molar-refractivity contribution in [1.82, 2.24) is 4.31 Å². The minimum Gasteiger partial charge on any atom is -0.459 e. The Kier molecular flexibility index (Phi) is 4.82. The van der Waals surface area contributed by atoms with Crippen LogP contribution in [0.3, 0.4) is 0 Å². The fourth-order valence-corrected chi connectivity index (χ4v) is 4.77. The Morgan fingerprint density at radius 2 is 1.65 bits per heavy atom. The number of benzene rings is 2. The number of nitrogens with zero attached hydrogens (tertiary/aromatic N) is 1. The average Bonchev–Trinajstić information content (AvgIpc) is 2.82. The van der Waals surface area contributed by atoms with Crippen molar-refractivity contribution in [2.24, 2.45) is 5.92 Å². The molecule has 0 aliphatic carbocycles. The van der Waals surface area contributed by atoms with Gasteiger partial charge in [0.1, 0.15) is 17.5 Å². The first-order chi connectivity index (χ1) is 12.3. The lowest BCUT2D eigenvalue weighted by Crippen LogP contribution is -2.48. The molecule has 2 aromatic carbocycles. The molecule has 6 nitrogen and oxygen atoms in total. The molecule has 0 aromatic heterocycles. The molecule has 136 valence electrons. The maximum atomic E-state index is 12.8. The molecule has 0 radical (unpaired) electrons. The van der Waals surface area contributed by atoms with E-state index in [0.29, 0.717) is 4.31 Å². The van der Waals surface area contributed by atoms with E-state index < -0.39 is 33.9 Å². The second-order valence-corrected chi connectivity index (χ2v) is 8.17. The number of carbonyl (C=O) groups excluding carboxylic acids is 2. The highest BCUT2D eigenvalue weighted by Crippen LogP contribution is 2.34. The highest BCUT2D eigenvalue weighted by molar-refractivity contribution is 7.90. The standard InChI is InChI=1S/C19H19NO5S/c1-13(2)17(19(22)25-12-14-8-4-3-5-9-14)20-18(21)15-10-6-7-11-16(15)26(20,23)24/h3-11,13,17H,12H2,1-2H3/t17-/m0/s1. The van der Waals surface area contributed by atoms with Gasteiger partial charge in [-0.25, -0.2) is 17.5 Å². The zero-order chi connectivity index (χ0) is 18.9. The Bertz CT molecular complexity index is 937. The van der Waals surface area contributed by atoms with Crippen LogP contribution in [0.1, 0.15) is 29.8 Å². The van der Waals surface area contributed by atoms with Crippen molar-refractivity contribution in [2.45, 2.75) is 31.4 Å². The second-order valence-electron chi connectivity index (χ2n) is 6.38. The summed E-state index contributed by atoms with van der Waals surface area (Å²) in [6.07, 6.45) is 0. The Balaban J connectivity index is 1.89. The molecule has 0 N–H and O–H groups in total. The van der Waals surface area contributed by atoms with E-state index in [0.717, 1.165) is 5.56 Å². The van der Waals surface area contributed by atoms with Crippen molar-refractivity contribution in [3.8, 4) is 0 Å². The first-order valence-corrected chi connectivity index (χ1v) is 9.66. The van der Waals surface area contributed by atoms with Crippen molar-refractivity contribution in [3.05, 3.63) is 65.7 Å². The molecule has 0 saturated heterocycles. The first kappa shape index (κ1) is 18.1. The van der Waals surface area contributed by atoms with Crippen molar-refractivity contribution < 1.29 is 22.7 Å². The Hall–Kier alpha value is -2.67. The summed E-state index contributed by atoms with van der Waals surface area (Å²) < 4.78 is 31.6. The largest absolute Gasteiger partial charge is 0.459 e. The smallest absolute Gasteiger partial charge is 0.330 e. The number of fused-ring (bicyclic) bond motifs is 1. The third-order valence-electron chi connectivity index (χ3n) is 4.20. The van der Waals surface area contributed by atoms with Crippen LogP contribution in [-0.4, -0.2) is 30.6 Å². The number of hydrogen-bond acceptors (Lipinski definition) is 5. The van der Waals surface area contributed by atoms with Crippen LogP contribution in [-0.2, 0) is 26.2 Å². The molecule has 1 heterocycles. The van der Waals surface area contributed by atoms with E-state index in [1.165, 1.54) is 12.1 Å². The normalized spacial score (nSPS) is 16.4. The third kappa shape index (κ3) is 3.10. The zero-order valence-corrected chi connectivity index (χ0v) is 15.3. The quantitative estimate of drug-likeness (QED) is 0.753. The second kappa shape index (κ2) is 6.92. The van der Waals surface area contributed by atoms with Crippen molar-refractivity contribution in [2.75, 3.05) is 0 Å². The fraction of sp³-hybridized carbons (Fsp3) is 0.263. The summed E-state index contributed by atoms with van der Waals surface area (Å²) in [6.45, 7) is 3.37. The summed E-state index contributed by atoms with van der Waals surface area (Å²) in [5.41, 5.74) is 0.858. The molecule has 2 aromatic rings. The van der Waals surface area contributed by atoms with Crippen LogP contribution in [0.4, 0.5) is 0 Å². The van der Waals surface area contributed by atoms with E-state index >= 15 is 0 Å². The molecule has 0 bridgehead atoms. The third-order valence-corrected chi connectivity index (χ3v) is 6.03. The SMILES string of the molecule is CC(C)[C@@H](C(=O)OCc1ccccc1)N1C(=O)c2ccccc2S1(=O)=O. The summed E-state index contributed by atoms with van der Waals surface area (Å²) in [5.74, 6) is -1.88. The molecule has 0 saturated carbocycles. The molecular formula is C19H19NO5S. The predicted octanol–water partition coefficient (Wildman–Crippen LogP) is 2.60. The minimum atomic E-state index is -4.08. The van der Waals surface area contributed by atoms with Crippen LogP contribution in [0.5, 0.6) is 0 Å². The van der Waals surface area contributed by atoms with E-state index in [-0.39, 0.29) is 17.1 Å². The van der Waals surface area contributed by atoms with Crippen LogP contribution in [0.2, 0.25) is 0 Å². The average molecular weight is 373 g/mol. The van der Waals surface area contributed by atoms with Gasteiger partial charge in [-0.05, 0) is 23.6 Å². The predicted molar refractivity (Wildman–Crippen MR) is 94.7 cm³/mol. The highest BCUT2D eigenvalue weighted by Gasteiger charge is 2.48. The topological polar surface area (TPSA) is 80.8 Å². The number of amides is 1. The van der Waals surface area contributed by atoms with Gasteiger partial charge in [-0.3, -0.25) is 4.79 Å². The summed E-state index contributed by atoms with van der Waals surface area (Å²) >= 11 is 0. The maximum absolute atomic E-state index is 12.8. The minimum absolute atomic E-state index is 0.0118. The molecule has 1 aliphatic heterocycles. The van der Waals surface area contributed by atoms with Crippen LogP contribution in [0, 0.1) is 5.92 Å². The molecule has 0 unspecified atom stereocenters. The summed E-state index contributed by atoms with van der Waals surface area (Å²) in [7, 11) is -4.08. The first-order valence-electron chi connectivity index (χ1n) is 8.22. The summed E-state index contributed by atoms with van der Waals surface area (Å²) in [6, 6.07) is 13.8. The van der Waals surface area contributed by atoms with Gasteiger partial charge in [0.25, 0.3) is 15.9 Å². The van der Waals surface area contributed by atoms with Gasteiger partial charge in [0.2, 0.25) is 0 Å². The summed E-state index contributed by atoms with van der Waals surface area (Å²) in [5, 5.41) is 0. The van der Waals surface area contributed by atoms with Gasteiger partial charge < -0.3 is 4.74 Å². The lowest BCUT2D eigenvalue weighted by molar-refractivity contribution is -0.150. The lowest BCUT2D eigenvalue weighted by atomic mass is 10.0. The van der Waals surface area contributed by atoms with Crippen molar-refractivity contribution in [3.63, 3.8) is 0 Å². The number of esters is 1.